The first-order chi connectivity index (χ1) is 12.4. The minimum Gasteiger partial charge on any atom is -0.361 e. The topological polar surface area (TPSA) is 41.1 Å². The van der Waals surface area contributed by atoms with Gasteiger partial charge < -0.3 is 10.6 Å². The van der Waals surface area contributed by atoms with Crippen molar-refractivity contribution in [2.45, 2.75) is 23.1 Å². The lowest BCUT2D eigenvalue weighted by Crippen LogP contribution is -2.49. The van der Waals surface area contributed by atoms with E-state index >= 15 is 0 Å². The van der Waals surface area contributed by atoms with Crippen LogP contribution in [0.2, 0.25) is 5.02 Å². The molecule has 3 nitrogen and oxygen atoms in total. The van der Waals surface area contributed by atoms with Crippen molar-refractivity contribution in [2.75, 3.05) is 5.32 Å². The van der Waals surface area contributed by atoms with Gasteiger partial charge in [-0.05, 0) is 37.3 Å². The molecule has 0 radical (unpaired) electrons. The highest BCUT2D eigenvalue weighted by molar-refractivity contribution is 6.68. The highest BCUT2D eigenvalue weighted by Gasteiger charge is 2.35. The van der Waals surface area contributed by atoms with Crippen LogP contribution in [0.15, 0.2) is 42.5 Å². The number of halogens is 7. The molecule has 0 fully saturated rings. The van der Waals surface area contributed by atoms with Crippen LogP contribution < -0.4 is 10.6 Å². The van der Waals surface area contributed by atoms with E-state index in [0.29, 0.717) is 5.56 Å². The number of hydrogen-bond donors (Lipinski definition) is 2. The van der Waals surface area contributed by atoms with Gasteiger partial charge in [-0.3, -0.25) is 4.79 Å². The Labute approximate surface area is 173 Å². The minimum absolute atomic E-state index is 0.0607. The molecule has 146 valence electrons. The van der Waals surface area contributed by atoms with Crippen LogP contribution in [0.1, 0.15) is 21.5 Å². The fourth-order valence-corrected chi connectivity index (χ4v) is 2.73. The summed E-state index contributed by atoms with van der Waals surface area (Å²) in [5, 5.41) is 4.91. The number of aryl methyl sites for hydroxylation is 1. The number of anilines is 1. The second-order valence-corrected chi connectivity index (χ2v) is 8.43. The SMILES string of the molecule is Cc1cccc(C(=O)N[C@@H](Nc2ccc(C(F)(F)F)cc2Cl)C(Cl)(Cl)Cl)c1. The second-order valence-electron chi connectivity index (χ2n) is 5.65. The summed E-state index contributed by atoms with van der Waals surface area (Å²) in [6.45, 7) is 1.81. The lowest BCUT2D eigenvalue weighted by molar-refractivity contribution is -0.137. The van der Waals surface area contributed by atoms with Gasteiger partial charge in [0.1, 0.15) is 6.17 Å². The van der Waals surface area contributed by atoms with Crippen LogP contribution >= 0.6 is 46.4 Å². The van der Waals surface area contributed by atoms with Gasteiger partial charge in [-0.15, -0.1) is 0 Å². The molecule has 2 aromatic rings. The Morgan fingerprint density at radius 3 is 2.26 bits per heavy atom. The maximum atomic E-state index is 12.7. The average molecular weight is 460 g/mol. The van der Waals surface area contributed by atoms with Gasteiger partial charge in [-0.1, -0.05) is 64.1 Å². The van der Waals surface area contributed by atoms with E-state index in [-0.39, 0.29) is 10.7 Å². The van der Waals surface area contributed by atoms with Gasteiger partial charge in [0.15, 0.2) is 0 Å². The lowest BCUT2D eigenvalue weighted by atomic mass is 10.1. The number of carbonyl (C=O) groups is 1. The van der Waals surface area contributed by atoms with E-state index in [9.17, 15) is 18.0 Å². The zero-order valence-electron chi connectivity index (χ0n) is 13.7. The molecule has 0 aliphatic heterocycles. The van der Waals surface area contributed by atoms with Gasteiger partial charge in [0.2, 0.25) is 3.79 Å². The van der Waals surface area contributed by atoms with Crippen LogP contribution in [0.25, 0.3) is 0 Å². The van der Waals surface area contributed by atoms with Crippen molar-refractivity contribution in [3.05, 3.63) is 64.2 Å². The summed E-state index contributed by atoms with van der Waals surface area (Å²) >= 11 is 23.6. The first kappa shape index (κ1) is 22.0. The van der Waals surface area contributed by atoms with Crippen molar-refractivity contribution in [1.82, 2.24) is 5.32 Å². The Morgan fingerprint density at radius 2 is 1.74 bits per heavy atom. The maximum absolute atomic E-state index is 12.7. The monoisotopic (exact) mass is 458 g/mol. The molecule has 0 aromatic heterocycles. The van der Waals surface area contributed by atoms with Crippen molar-refractivity contribution in [1.29, 1.82) is 0 Å². The molecule has 0 heterocycles. The van der Waals surface area contributed by atoms with Crippen LogP contribution in [0.4, 0.5) is 18.9 Å². The van der Waals surface area contributed by atoms with E-state index < -0.39 is 27.6 Å². The van der Waals surface area contributed by atoms with Crippen molar-refractivity contribution in [3.8, 4) is 0 Å². The Balaban J connectivity index is 2.24. The number of nitrogens with one attached hydrogen (secondary N) is 2. The molecule has 10 heteroatoms. The fourth-order valence-electron chi connectivity index (χ4n) is 2.16. The largest absolute Gasteiger partial charge is 0.416 e. The molecule has 0 spiro atoms. The fraction of sp³-hybridized carbons (Fsp3) is 0.235. The molecule has 2 N–H and O–H groups in total. The molecule has 2 aromatic carbocycles. The summed E-state index contributed by atoms with van der Waals surface area (Å²) in [5.41, 5.74) is 0.319. The van der Waals surface area contributed by atoms with Gasteiger partial charge in [-0.2, -0.15) is 13.2 Å². The number of carbonyl (C=O) groups excluding carboxylic acids is 1. The predicted molar refractivity (Wildman–Crippen MR) is 103 cm³/mol. The number of benzene rings is 2. The number of amides is 1. The van der Waals surface area contributed by atoms with Crippen molar-refractivity contribution in [3.63, 3.8) is 0 Å². The first-order valence-corrected chi connectivity index (χ1v) is 8.96. The molecular weight excluding hydrogens is 447 g/mol. The number of alkyl halides is 6. The highest BCUT2D eigenvalue weighted by atomic mass is 35.6. The van der Waals surface area contributed by atoms with E-state index in [1.165, 1.54) is 0 Å². The molecule has 1 amide bonds. The van der Waals surface area contributed by atoms with E-state index in [2.05, 4.69) is 10.6 Å². The molecule has 27 heavy (non-hydrogen) atoms. The van der Waals surface area contributed by atoms with Crippen LogP contribution in [0.3, 0.4) is 0 Å². The van der Waals surface area contributed by atoms with Gasteiger partial charge in [-0.25, -0.2) is 0 Å². The molecule has 0 bridgehead atoms. The average Bonchev–Trinajstić information content (AvgIpc) is 2.53. The van der Waals surface area contributed by atoms with Crippen LogP contribution in [-0.2, 0) is 6.18 Å². The summed E-state index contributed by atoms with van der Waals surface area (Å²) in [6.07, 6.45) is -5.80. The summed E-state index contributed by atoms with van der Waals surface area (Å²) in [7, 11) is 0. The van der Waals surface area contributed by atoms with Gasteiger partial charge >= 0.3 is 6.18 Å². The van der Waals surface area contributed by atoms with E-state index in [0.717, 1.165) is 23.8 Å². The molecule has 1 atom stereocenters. The van der Waals surface area contributed by atoms with E-state index in [1.54, 1.807) is 18.2 Å². The van der Waals surface area contributed by atoms with Crippen LogP contribution in [0, 0.1) is 6.92 Å². The molecule has 0 aliphatic rings. The Bertz CT molecular complexity index is 838. The zero-order chi connectivity index (χ0) is 20.4. The molecule has 0 saturated carbocycles. The molecular formula is C17H13Cl4F3N2O. The lowest BCUT2D eigenvalue weighted by Gasteiger charge is -2.28. The second kappa shape index (κ2) is 8.35. The van der Waals surface area contributed by atoms with E-state index in [1.807, 2.05) is 13.0 Å². The smallest absolute Gasteiger partial charge is 0.361 e. The van der Waals surface area contributed by atoms with Gasteiger partial charge in [0, 0.05) is 5.56 Å². The molecule has 0 saturated heterocycles. The van der Waals surface area contributed by atoms with Crippen LogP contribution in [-0.4, -0.2) is 15.9 Å². The first-order valence-electron chi connectivity index (χ1n) is 7.45. The van der Waals surface area contributed by atoms with Crippen LogP contribution in [0.5, 0.6) is 0 Å². The third kappa shape index (κ3) is 6.07. The Hall–Kier alpha value is -1.34. The number of hydrogen-bond acceptors (Lipinski definition) is 2. The zero-order valence-corrected chi connectivity index (χ0v) is 16.7. The van der Waals surface area contributed by atoms with Crippen molar-refractivity contribution >= 4 is 58.0 Å². The maximum Gasteiger partial charge on any atom is 0.416 e. The third-order valence-corrected chi connectivity index (χ3v) is 4.45. The normalized spacial score (nSPS) is 13.2. The molecule has 2 rings (SSSR count). The standard InChI is InChI=1S/C17H13Cl4F3N2O/c1-9-3-2-4-10(7-9)14(27)26-15(16(19,20)21)25-13-6-5-11(8-12(13)18)17(22,23)24/h2-8,15,25H,1H3,(H,26,27)/t15-/m1/s1. The predicted octanol–water partition coefficient (Wildman–Crippen LogP) is 6.21. The van der Waals surface area contributed by atoms with Crippen molar-refractivity contribution in [2.24, 2.45) is 0 Å². The third-order valence-electron chi connectivity index (χ3n) is 3.48. The minimum atomic E-state index is -4.55. The molecule has 0 aliphatic carbocycles. The number of rotatable bonds is 4. The summed E-state index contributed by atoms with van der Waals surface area (Å²) in [6, 6.07) is 9.36. The van der Waals surface area contributed by atoms with Crippen molar-refractivity contribution < 1.29 is 18.0 Å². The molecule has 0 unspecified atom stereocenters. The van der Waals surface area contributed by atoms with E-state index in [4.69, 9.17) is 46.4 Å². The summed E-state index contributed by atoms with van der Waals surface area (Å²) < 4.78 is 36.2. The Morgan fingerprint density at radius 1 is 1.07 bits per heavy atom. The summed E-state index contributed by atoms with van der Waals surface area (Å²) in [5.74, 6) is -0.537. The Kier molecular flexibility index (Phi) is 6.79. The quantitative estimate of drug-likeness (QED) is 0.421. The summed E-state index contributed by atoms with van der Waals surface area (Å²) in [4.78, 5) is 12.4. The highest BCUT2D eigenvalue weighted by Crippen LogP contribution is 2.36. The van der Waals surface area contributed by atoms with Gasteiger partial charge in [0.25, 0.3) is 5.91 Å². The van der Waals surface area contributed by atoms with Gasteiger partial charge in [0.05, 0.1) is 16.3 Å².